The highest BCUT2D eigenvalue weighted by Crippen LogP contribution is 2.33. The summed E-state index contributed by atoms with van der Waals surface area (Å²) in [4.78, 5) is 25.6. The molecule has 0 spiro atoms. The molecule has 1 fully saturated rings. The Morgan fingerprint density at radius 1 is 1.09 bits per heavy atom. The van der Waals surface area contributed by atoms with Crippen LogP contribution in [0, 0.1) is 0 Å². The van der Waals surface area contributed by atoms with Crippen molar-refractivity contribution >= 4 is 39.2 Å². The van der Waals surface area contributed by atoms with E-state index in [9.17, 15) is 18.0 Å². The highest BCUT2D eigenvalue weighted by atomic mass is 35.5. The maximum Gasteiger partial charge on any atom is 0.336 e. The average Bonchev–Trinajstić information content (AvgIpc) is 3.06. The van der Waals surface area contributed by atoms with Gasteiger partial charge < -0.3 is 10.6 Å². The lowest BCUT2D eigenvalue weighted by atomic mass is 9.83. The van der Waals surface area contributed by atoms with Crippen LogP contribution in [0.3, 0.4) is 0 Å². The molecular weight excluding hydrogens is 474 g/mol. The number of amides is 3. The molecule has 0 aromatic heterocycles. The van der Waals surface area contributed by atoms with Gasteiger partial charge in [-0.05, 0) is 56.0 Å². The van der Waals surface area contributed by atoms with Gasteiger partial charge in [0.2, 0.25) is 5.91 Å². The molecule has 0 unspecified atom stereocenters. The first-order valence-corrected chi connectivity index (χ1v) is 13.4. The third kappa shape index (κ3) is 4.93. The molecule has 9 heteroatoms. The molecule has 2 aromatic rings. The fourth-order valence-electron chi connectivity index (χ4n) is 4.49. The predicted octanol–water partition coefficient (Wildman–Crippen LogP) is 5.19. The molecule has 0 bridgehead atoms. The number of carbonyl (C=O) groups is 2. The third-order valence-electron chi connectivity index (χ3n) is 6.74. The lowest BCUT2D eigenvalue weighted by Crippen LogP contribution is -2.45. The van der Waals surface area contributed by atoms with Crippen molar-refractivity contribution in [3.05, 3.63) is 58.6 Å². The summed E-state index contributed by atoms with van der Waals surface area (Å²) < 4.78 is 26.9. The summed E-state index contributed by atoms with van der Waals surface area (Å²) in [6.45, 7) is 3.64. The molecule has 1 saturated carbocycles. The molecule has 1 aliphatic heterocycles. The molecule has 1 aliphatic carbocycles. The van der Waals surface area contributed by atoms with E-state index in [1.165, 1.54) is 31.0 Å². The van der Waals surface area contributed by atoms with Crippen LogP contribution in [0.1, 0.15) is 63.5 Å². The van der Waals surface area contributed by atoms with Crippen molar-refractivity contribution in [3.63, 3.8) is 0 Å². The molecule has 2 aliphatic rings. The van der Waals surface area contributed by atoms with E-state index >= 15 is 0 Å². The Kier molecular flexibility index (Phi) is 6.92. The van der Waals surface area contributed by atoms with Gasteiger partial charge in [-0.3, -0.25) is 4.79 Å². The number of rotatable bonds is 5. The van der Waals surface area contributed by atoms with E-state index in [1.807, 2.05) is 26.0 Å². The number of nitrogens with one attached hydrogen (secondary N) is 2. The van der Waals surface area contributed by atoms with Gasteiger partial charge in [-0.15, -0.1) is 0 Å². The molecule has 0 atom stereocenters. The quantitative estimate of drug-likeness (QED) is 0.548. The first-order valence-electron chi connectivity index (χ1n) is 11.6. The number of halogens is 1. The highest BCUT2D eigenvalue weighted by Gasteiger charge is 2.37. The van der Waals surface area contributed by atoms with E-state index in [0.717, 1.165) is 35.6 Å². The second-order valence-corrected chi connectivity index (χ2v) is 11.8. The molecule has 0 saturated heterocycles. The van der Waals surface area contributed by atoms with E-state index in [-0.39, 0.29) is 34.1 Å². The summed E-state index contributed by atoms with van der Waals surface area (Å²) in [7, 11) is -4.05. The van der Waals surface area contributed by atoms with Crippen LogP contribution in [0.2, 0.25) is 5.02 Å². The van der Waals surface area contributed by atoms with Gasteiger partial charge in [-0.25, -0.2) is 17.5 Å². The van der Waals surface area contributed by atoms with E-state index in [4.69, 9.17) is 11.6 Å². The number of nitrogens with zero attached hydrogens (tertiary/aromatic N) is 1. The van der Waals surface area contributed by atoms with Crippen LogP contribution >= 0.6 is 11.6 Å². The van der Waals surface area contributed by atoms with Gasteiger partial charge in [0, 0.05) is 11.1 Å². The number of hydrogen-bond acceptors (Lipinski definition) is 4. The fourth-order valence-corrected chi connectivity index (χ4v) is 6.22. The largest absolute Gasteiger partial charge is 0.353 e. The normalized spacial score (nSPS) is 18.6. The number of anilines is 1. The van der Waals surface area contributed by atoms with Crippen LogP contribution < -0.4 is 10.6 Å². The van der Waals surface area contributed by atoms with Gasteiger partial charge in [0.05, 0.1) is 17.6 Å². The van der Waals surface area contributed by atoms with Crippen LogP contribution in [-0.2, 0) is 26.8 Å². The number of fused-ring (bicyclic) bond motifs is 1. The van der Waals surface area contributed by atoms with Crippen molar-refractivity contribution < 1.29 is 18.0 Å². The number of sulfonamides is 1. The van der Waals surface area contributed by atoms with Crippen molar-refractivity contribution in [1.82, 2.24) is 9.62 Å². The van der Waals surface area contributed by atoms with Gasteiger partial charge in [-0.1, -0.05) is 61.5 Å². The summed E-state index contributed by atoms with van der Waals surface area (Å²) in [5.41, 5.74) is 0.926. The Morgan fingerprint density at radius 3 is 2.38 bits per heavy atom. The molecular formula is C25H30ClN3O4S. The summed E-state index contributed by atoms with van der Waals surface area (Å²) >= 11 is 5.98. The Bertz CT molecular complexity index is 1190. The van der Waals surface area contributed by atoms with Crippen LogP contribution in [-0.4, -0.2) is 30.7 Å². The Morgan fingerprint density at radius 2 is 1.74 bits per heavy atom. The van der Waals surface area contributed by atoms with Crippen LogP contribution in [0.5, 0.6) is 0 Å². The second kappa shape index (κ2) is 9.58. The van der Waals surface area contributed by atoms with Crippen molar-refractivity contribution in [2.75, 3.05) is 5.32 Å². The summed E-state index contributed by atoms with van der Waals surface area (Å²) in [6.07, 6.45) is 6.76. The molecule has 34 heavy (non-hydrogen) atoms. The molecule has 4 rings (SSSR count). The number of benzene rings is 2. The predicted molar refractivity (Wildman–Crippen MR) is 132 cm³/mol. The standard InChI is InChI=1S/C25H30ClN3O4S/c1-25(2,23(30)27-20-7-5-3-4-6-8-20)18-11-9-17(10-12-18)16-29-24(31)28-21-14-13-19(26)15-22(21)34(29,32)33/h9-15,20H,3-8,16H2,1-2H3,(H,27,30)(H,28,31). The van der Waals surface area contributed by atoms with Crippen molar-refractivity contribution in [2.24, 2.45) is 0 Å². The minimum absolute atomic E-state index is 0.0152. The molecule has 1 heterocycles. The molecule has 3 amide bonds. The van der Waals surface area contributed by atoms with Crippen LogP contribution in [0.25, 0.3) is 0 Å². The lowest BCUT2D eigenvalue weighted by Gasteiger charge is -2.29. The van der Waals surface area contributed by atoms with Crippen molar-refractivity contribution in [2.45, 2.75) is 75.3 Å². The Labute approximate surface area is 205 Å². The lowest BCUT2D eigenvalue weighted by molar-refractivity contribution is -0.126. The first-order chi connectivity index (χ1) is 16.1. The van der Waals surface area contributed by atoms with Crippen LogP contribution in [0.15, 0.2) is 47.4 Å². The Balaban J connectivity index is 1.49. The van der Waals surface area contributed by atoms with Gasteiger partial charge in [0.15, 0.2) is 0 Å². The Hall–Kier alpha value is -2.58. The van der Waals surface area contributed by atoms with Gasteiger partial charge >= 0.3 is 6.03 Å². The van der Waals surface area contributed by atoms with E-state index < -0.39 is 21.5 Å². The SMILES string of the molecule is CC(C)(C(=O)NC1CCCCCC1)c1ccc(CN2C(=O)Nc3ccc(Cl)cc3S2(=O)=O)cc1. The molecule has 2 N–H and O–H groups in total. The monoisotopic (exact) mass is 503 g/mol. The van der Waals surface area contributed by atoms with Crippen molar-refractivity contribution in [3.8, 4) is 0 Å². The fraction of sp³-hybridized carbons (Fsp3) is 0.440. The zero-order chi connectivity index (χ0) is 24.5. The van der Waals surface area contributed by atoms with Gasteiger partial charge in [-0.2, -0.15) is 0 Å². The average molecular weight is 504 g/mol. The minimum atomic E-state index is -4.05. The molecule has 182 valence electrons. The maximum absolute atomic E-state index is 13.1. The van der Waals surface area contributed by atoms with Crippen molar-refractivity contribution in [1.29, 1.82) is 0 Å². The van der Waals surface area contributed by atoms with Gasteiger partial charge in [0.1, 0.15) is 4.90 Å². The zero-order valence-corrected chi connectivity index (χ0v) is 21.0. The molecule has 7 nitrogen and oxygen atoms in total. The maximum atomic E-state index is 13.1. The van der Waals surface area contributed by atoms with Crippen LogP contribution in [0.4, 0.5) is 10.5 Å². The van der Waals surface area contributed by atoms with E-state index in [1.54, 1.807) is 12.1 Å². The first kappa shape index (κ1) is 24.5. The van der Waals surface area contributed by atoms with E-state index in [0.29, 0.717) is 5.56 Å². The highest BCUT2D eigenvalue weighted by molar-refractivity contribution is 7.90. The van der Waals surface area contributed by atoms with Gasteiger partial charge in [0.25, 0.3) is 10.0 Å². The smallest absolute Gasteiger partial charge is 0.336 e. The number of urea groups is 1. The molecule has 2 aromatic carbocycles. The number of hydrogen-bond donors (Lipinski definition) is 2. The molecule has 0 radical (unpaired) electrons. The zero-order valence-electron chi connectivity index (χ0n) is 19.4. The topological polar surface area (TPSA) is 95.6 Å². The number of carbonyl (C=O) groups excluding carboxylic acids is 2. The summed E-state index contributed by atoms with van der Waals surface area (Å²) in [5.74, 6) is -0.0152. The minimum Gasteiger partial charge on any atom is -0.353 e. The third-order valence-corrected chi connectivity index (χ3v) is 8.74. The summed E-state index contributed by atoms with van der Waals surface area (Å²) in [6, 6.07) is 11.0. The summed E-state index contributed by atoms with van der Waals surface area (Å²) in [5, 5.41) is 6.09. The van der Waals surface area contributed by atoms with E-state index in [2.05, 4.69) is 10.6 Å². The second-order valence-electron chi connectivity index (χ2n) is 9.57.